The zero-order chi connectivity index (χ0) is 15.8. The molecule has 1 aromatic rings. The van der Waals surface area contributed by atoms with E-state index >= 15 is 0 Å². The first-order valence-corrected chi connectivity index (χ1v) is 7.94. The summed E-state index contributed by atoms with van der Waals surface area (Å²) in [7, 11) is 0. The zero-order valence-corrected chi connectivity index (χ0v) is 13.1. The number of nitrogens with zero attached hydrogens (tertiary/aromatic N) is 1. The molecule has 0 unspecified atom stereocenters. The Labute approximate surface area is 131 Å². The maximum atomic E-state index is 12.1. The maximum Gasteiger partial charge on any atom is 0.317 e. The van der Waals surface area contributed by atoms with Crippen molar-refractivity contribution >= 4 is 12.0 Å². The number of likely N-dealkylation sites (tertiary alicyclic amines) is 1. The molecule has 22 heavy (non-hydrogen) atoms. The maximum absolute atomic E-state index is 12.1. The van der Waals surface area contributed by atoms with E-state index in [-0.39, 0.29) is 17.9 Å². The fourth-order valence-corrected chi connectivity index (χ4v) is 2.65. The summed E-state index contributed by atoms with van der Waals surface area (Å²) < 4.78 is 5.03. The van der Waals surface area contributed by atoms with Gasteiger partial charge >= 0.3 is 12.0 Å². The predicted octanol–water partition coefficient (Wildman–Crippen LogP) is 2.21. The van der Waals surface area contributed by atoms with Crippen molar-refractivity contribution < 1.29 is 14.3 Å². The summed E-state index contributed by atoms with van der Waals surface area (Å²) in [5.74, 6) is -0.194. The van der Waals surface area contributed by atoms with Crippen molar-refractivity contribution in [1.82, 2.24) is 10.2 Å². The van der Waals surface area contributed by atoms with Gasteiger partial charge in [0, 0.05) is 19.6 Å². The summed E-state index contributed by atoms with van der Waals surface area (Å²) in [6.45, 7) is 4.08. The molecule has 0 saturated carbocycles. The van der Waals surface area contributed by atoms with Crippen LogP contribution in [0.1, 0.15) is 25.3 Å². The van der Waals surface area contributed by atoms with Crippen molar-refractivity contribution in [2.24, 2.45) is 5.92 Å². The normalized spacial score (nSPS) is 15.4. The van der Waals surface area contributed by atoms with E-state index in [0.717, 1.165) is 6.42 Å². The van der Waals surface area contributed by atoms with E-state index in [0.29, 0.717) is 39.1 Å². The smallest absolute Gasteiger partial charge is 0.317 e. The number of amides is 2. The molecule has 0 aromatic heterocycles. The van der Waals surface area contributed by atoms with Gasteiger partial charge in [-0.3, -0.25) is 4.79 Å². The molecule has 1 N–H and O–H groups in total. The fraction of sp³-hybridized carbons (Fsp3) is 0.529. The third-order valence-corrected chi connectivity index (χ3v) is 3.93. The van der Waals surface area contributed by atoms with Gasteiger partial charge in [0.15, 0.2) is 0 Å². The van der Waals surface area contributed by atoms with Crippen LogP contribution in [0.3, 0.4) is 0 Å². The lowest BCUT2D eigenvalue weighted by atomic mass is 9.97. The van der Waals surface area contributed by atoms with Gasteiger partial charge in [0.1, 0.15) is 0 Å². The second-order valence-corrected chi connectivity index (χ2v) is 5.48. The van der Waals surface area contributed by atoms with Crippen molar-refractivity contribution in [3.05, 3.63) is 35.9 Å². The first-order chi connectivity index (χ1) is 10.7. The van der Waals surface area contributed by atoms with E-state index in [9.17, 15) is 9.59 Å². The Morgan fingerprint density at radius 3 is 2.55 bits per heavy atom. The number of hydrogen-bond acceptors (Lipinski definition) is 3. The number of urea groups is 1. The summed E-state index contributed by atoms with van der Waals surface area (Å²) in [4.78, 5) is 25.5. The van der Waals surface area contributed by atoms with E-state index in [1.165, 1.54) is 5.56 Å². The highest BCUT2D eigenvalue weighted by atomic mass is 16.5. The lowest BCUT2D eigenvalue weighted by molar-refractivity contribution is -0.149. The summed E-state index contributed by atoms with van der Waals surface area (Å²) in [5, 5.41) is 2.94. The quantitative estimate of drug-likeness (QED) is 0.849. The molecule has 120 valence electrons. The SMILES string of the molecule is CCOC(=O)C1CCN(C(=O)NCCc2ccccc2)CC1. The van der Waals surface area contributed by atoms with Crippen molar-refractivity contribution in [1.29, 1.82) is 0 Å². The monoisotopic (exact) mass is 304 g/mol. The van der Waals surface area contributed by atoms with Crippen LogP contribution in [-0.4, -0.2) is 43.1 Å². The van der Waals surface area contributed by atoms with Crippen LogP contribution in [0.25, 0.3) is 0 Å². The molecular formula is C17H24N2O3. The highest BCUT2D eigenvalue weighted by molar-refractivity contribution is 5.76. The van der Waals surface area contributed by atoms with E-state index in [4.69, 9.17) is 4.74 Å². The van der Waals surface area contributed by atoms with E-state index in [1.54, 1.807) is 4.90 Å². The third-order valence-electron chi connectivity index (χ3n) is 3.93. The van der Waals surface area contributed by atoms with Gasteiger partial charge in [0.05, 0.1) is 12.5 Å². The molecule has 0 aliphatic carbocycles. The summed E-state index contributed by atoms with van der Waals surface area (Å²) in [6, 6.07) is 10.0. The molecular weight excluding hydrogens is 280 g/mol. The van der Waals surface area contributed by atoms with Crippen LogP contribution in [0, 0.1) is 5.92 Å². The van der Waals surface area contributed by atoms with Crippen LogP contribution in [0.5, 0.6) is 0 Å². The van der Waals surface area contributed by atoms with Gasteiger partial charge in [-0.15, -0.1) is 0 Å². The standard InChI is InChI=1S/C17H24N2O3/c1-2-22-16(20)15-9-12-19(13-10-15)17(21)18-11-8-14-6-4-3-5-7-14/h3-7,15H,2,8-13H2,1H3,(H,18,21). The molecule has 1 heterocycles. The van der Waals surface area contributed by atoms with E-state index < -0.39 is 0 Å². The van der Waals surface area contributed by atoms with Gasteiger partial charge in [0.2, 0.25) is 0 Å². The van der Waals surface area contributed by atoms with Crippen molar-refractivity contribution in [3.63, 3.8) is 0 Å². The fourth-order valence-electron chi connectivity index (χ4n) is 2.65. The molecule has 1 aliphatic rings. The van der Waals surface area contributed by atoms with Gasteiger partial charge in [-0.2, -0.15) is 0 Å². The molecule has 1 saturated heterocycles. The summed E-state index contributed by atoms with van der Waals surface area (Å²) in [6.07, 6.45) is 2.20. The second-order valence-electron chi connectivity index (χ2n) is 5.48. The summed E-state index contributed by atoms with van der Waals surface area (Å²) >= 11 is 0. The topological polar surface area (TPSA) is 58.6 Å². The molecule has 1 aromatic carbocycles. The van der Waals surface area contributed by atoms with Gasteiger partial charge < -0.3 is 15.0 Å². The Morgan fingerprint density at radius 1 is 1.23 bits per heavy atom. The minimum atomic E-state index is -0.133. The third kappa shape index (κ3) is 4.76. The number of hydrogen-bond donors (Lipinski definition) is 1. The van der Waals surface area contributed by atoms with E-state index in [1.807, 2.05) is 25.1 Å². The minimum absolute atomic E-state index is 0.0433. The molecule has 0 radical (unpaired) electrons. The lowest BCUT2D eigenvalue weighted by Crippen LogP contribution is -2.46. The largest absolute Gasteiger partial charge is 0.466 e. The average Bonchev–Trinajstić information content (AvgIpc) is 2.56. The molecule has 0 spiro atoms. The molecule has 1 aliphatic heterocycles. The summed E-state index contributed by atoms with van der Waals surface area (Å²) in [5.41, 5.74) is 1.21. The highest BCUT2D eigenvalue weighted by Gasteiger charge is 2.27. The number of carbonyl (C=O) groups excluding carboxylic acids is 2. The van der Waals surface area contributed by atoms with Gasteiger partial charge in [-0.25, -0.2) is 4.79 Å². The van der Waals surface area contributed by atoms with Crippen LogP contribution in [0.15, 0.2) is 30.3 Å². The van der Waals surface area contributed by atoms with E-state index in [2.05, 4.69) is 17.4 Å². The number of rotatable bonds is 5. The van der Waals surface area contributed by atoms with Crippen molar-refractivity contribution in [3.8, 4) is 0 Å². The molecule has 1 fully saturated rings. The van der Waals surface area contributed by atoms with Gasteiger partial charge in [-0.1, -0.05) is 30.3 Å². The number of benzene rings is 1. The van der Waals surface area contributed by atoms with Crippen molar-refractivity contribution in [2.45, 2.75) is 26.2 Å². The number of esters is 1. The Morgan fingerprint density at radius 2 is 1.91 bits per heavy atom. The minimum Gasteiger partial charge on any atom is -0.466 e. The van der Waals surface area contributed by atoms with Crippen LogP contribution in [0.4, 0.5) is 4.79 Å². The number of piperidine rings is 1. The Hall–Kier alpha value is -2.04. The van der Waals surface area contributed by atoms with Crippen molar-refractivity contribution in [2.75, 3.05) is 26.2 Å². The van der Waals surface area contributed by atoms with Crippen LogP contribution < -0.4 is 5.32 Å². The molecule has 2 rings (SSSR count). The zero-order valence-electron chi connectivity index (χ0n) is 13.1. The molecule has 2 amide bonds. The number of ether oxygens (including phenoxy) is 1. The van der Waals surface area contributed by atoms with Crippen LogP contribution in [0.2, 0.25) is 0 Å². The molecule has 5 nitrogen and oxygen atoms in total. The van der Waals surface area contributed by atoms with Gasteiger partial charge in [0.25, 0.3) is 0 Å². The van der Waals surface area contributed by atoms with Gasteiger partial charge in [-0.05, 0) is 31.7 Å². The molecule has 0 bridgehead atoms. The Bertz CT molecular complexity index is 482. The Kier molecular flexibility index (Phi) is 6.25. The number of nitrogens with one attached hydrogen (secondary N) is 1. The first kappa shape index (κ1) is 16.3. The molecule has 5 heteroatoms. The van der Waals surface area contributed by atoms with Crippen LogP contribution >= 0.6 is 0 Å². The number of carbonyl (C=O) groups is 2. The molecule has 0 atom stereocenters. The first-order valence-electron chi connectivity index (χ1n) is 7.94. The van der Waals surface area contributed by atoms with Crippen LogP contribution in [-0.2, 0) is 16.0 Å². The Balaban J connectivity index is 1.68. The second kappa shape index (κ2) is 8.41. The lowest BCUT2D eigenvalue weighted by Gasteiger charge is -2.30. The average molecular weight is 304 g/mol. The highest BCUT2D eigenvalue weighted by Crippen LogP contribution is 2.18. The predicted molar refractivity (Wildman–Crippen MR) is 84.5 cm³/mol.